The molecule has 3 aliphatic rings. The number of piperazine rings is 1. The average molecular weight is 389 g/mol. The first-order chi connectivity index (χ1) is 13.7. The monoisotopic (exact) mass is 389 g/mol. The van der Waals surface area contributed by atoms with Crippen molar-refractivity contribution in [2.45, 2.75) is 19.1 Å². The van der Waals surface area contributed by atoms with Crippen LogP contribution in [0.15, 0.2) is 24.3 Å². The number of carbonyl (C=O) groups is 1. The average Bonchev–Trinajstić information content (AvgIpc) is 3.29. The maximum atomic E-state index is 12.7. The van der Waals surface area contributed by atoms with Gasteiger partial charge >= 0.3 is 0 Å². The van der Waals surface area contributed by atoms with Crippen molar-refractivity contribution in [2.75, 3.05) is 71.0 Å². The molecular weight excluding hydrogens is 358 g/mol. The van der Waals surface area contributed by atoms with Crippen molar-refractivity contribution < 1.29 is 19.0 Å². The van der Waals surface area contributed by atoms with Crippen LogP contribution in [0.25, 0.3) is 0 Å². The minimum atomic E-state index is -0.0242. The summed E-state index contributed by atoms with van der Waals surface area (Å²) in [4.78, 5) is 19.4. The van der Waals surface area contributed by atoms with Crippen LogP contribution in [0.5, 0.6) is 5.75 Å². The molecule has 154 valence electrons. The Morgan fingerprint density at radius 1 is 1.00 bits per heavy atom. The molecule has 3 aliphatic heterocycles. The largest absolute Gasteiger partial charge is 0.497 e. The van der Waals surface area contributed by atoms with E-state index in [0.29, 0.717) is 25.7 Å². The Hall–Kier alpha value is -1.83. The van der Waals surface area contributed by atoms with Gasteiger partial charge in [0.2, 0.25) is 5.91 Å². The van der Waals surface area contributed by atoms with Crippen LogP contribution in [0.2, 0.25) is 0 Å². The van der Waals surface area contributed by atoms with Gasteiger partial charge in [-0.3, -0.25) is 9.69 Å². The Labute approximate surface area is 167 Å². The predicted octanol–water partition coefficient (Wildman–Crippen LogP) is 1.43. The minimum absolute atomic E-state index is 0.0242. The Morgan fingerprint density at radius 2 is 1.64 bits per heavy atom. The van der Waals surface area contributed by atoms with E-state index in [1.807, 2.05) is 17.0 Å². The van der Waals surface area contributed by atoms with E-state index >= 15 is 0 Å². The fourth-order valence-electron chi connectivity index (χ4n) is 4.33. The Balaban J connectivity index is 1.20. The highest BCUT2D eigenvalue weighted by molar-refractivity contribution is 5.78. The molecule has 0 aliphatic carbocycles. The Kier molecular flexibility index (Phi) is 6.34. The van der Waals surface area contributed by atoms with E-state index < -0.39 is 0 Å². The number of methoxy groups -OCH3 is 1. The standard InChI is InChI=1S/C21H31N3O4/c1-26-19-4-2-18(3-5-19)23-10-12-24(13-11-23)20(25)16-22-8-6-17(7-9-22)21-27-14-15-28-21/h2-5,17,21H,6-16H2,1H3. The van der Waals surface area contributed by atoms with Crippen LogP contribution in [0.4, 0.5) is 5.69 Å². The zero-order chi connectivity index (χ0) is 19.3. The van der Waals surface area contributed by atoms with E-state index in [4.69, 9.17) is 14.2 Å². The lowest BCUT2D eigenvalue weighted by Crippen LogP contribution is -2.52. The maximum Gasteiger partial charge on any atom is 0.236 e. The van der Waals surface area contributed by atoms with Gasteiger partial charge in [0.1, 0.15) is 5.75 Å². The van der Waals surface area contributed by atoms with Gasteiger partial charge < -0.3 is 24.0 Å². The fourth-order valence-corrected chi connectivity index (χ4v) is 4.33. The summed E-state index contributed by atoms with van der Waals surface area (Å²) in [5, 5.41) is 0. The van der Waals surface area contributed by atoms with E-state index in [-0.39, 0.29) is 12.2 Å². The molecule has 0 aromatic heterocycles. The summed E-state index contributed by atoms with van der Waals surface area (Å²) >= 11 is 0. The summed E-state index contributed by atoms with van der Waals surface area (Å²) in [6.45, 7) is 7.17. The first kappa shape index (κ1) is 19.5. The van der Waals surface area contributed by atoms with Crippen LogP contribution in [0.3, 0.4) is 0 Å². The normalized spacial score (nSPS) is 22.6. The van der Waals surface area contributed by atoms with Gasteiger partial charge in [0.25, 0.3) is 0 Å². The molecule has 0 radical (unpaired) electrons. The number of hydrogen-bond acceptors (Lipinski definition) is 6. The number of likely N-dealkylation sites (tertiary alicyclic amines) is 1. The predicted molar refractivity (Wildman–Crippen MR) is 107 cm³/mol. The lowest BCUT2D eigenvalue weighted by atomic mass is 9.96. The Morgan fingerprint density at radius 3 is 2.25 bits per heavy atom. The van der Waals surface area contributed by atoms with Gasteiger partial charge in [-0.1, -0.05) is 0 Å². The van der Waals surface area contributed by atoms with E-state index in [1.54, 1.807) is 7.11 Å². The second-order valence-electron chi connectivity index (χ2n) is 7.79. The highest BCUT2D eigenvalue weighted by atomic mass is 16.7. The number of nitrogens with zero attached hydrogens (tertiary/aromatic N) is 3. The third kappa shape index (κ3) is 4.59. The highest BCUT2D eigenvalue weighted by Crippen LogP contribution is 2.26. The summed E-state index contributed by atoms with van der Waals surface area (Å²) in [6.07, 6.45) is 2.07. The number of piperidine rings is 1. The van der Waals surface area contributed by atoms with Gasteiger partial charge in [-0.2, -0.15) is 0 Å². The summed E-state index contributed by atoms with van der Waals surface area (Å²) < 4.78 is 16.5. The summed E-state index contributed by atoms with van der Waals surface area (Å²) in [5.74, 6) is 1.59. The van der Waals surface area contributed by atoms with Crippen molar-refractivity contribution in [3.8, 4) is 5.75 Å². The lowest BCUT2D eigenvalue weighted by Gasteiger charge is -2.38. The number of amides is 1. The van der Waals surface area contributed by atoms with Gasteiger partial charge in [-0.25, -0.2) is 0 Å². The van der Waals surface area contributed by atoms with Crippen molar-refractivity contribution in [3.05, 3.63) is 24.3 Å². The highest BCUT2D eigenvalue weighted by Gasteiger charge is 2.31. The van der Waals surface area contributed by atoms with Gasteiger partial charge in [-0.15, -0.1) is 0 Å². The molecule has 4 rings (SSSR count). The third-order valence-electron chi connectivity index (χ3n) is 6.09. The maximum absolute atomic E-state index is 12.7. The van der Waals surface area contributed by atoms with Crippen molar-refractivity contribution in [3.63, 3.8) is 0 Å². The van der Waals surface area contributed by atoms with Crippen LogP contribution in [-0.4, -0.2) is 88.1 Å². The molecule has 7 nitrogen and oxygen atoms in total. The number of anilines is 1. The van der Waals surface area contributed by atoms with Crippen molar-refractivity contribution in [1.29, 1.82) is 0 Å². The van der Waals surface area contributed by atoms with E-state index in [9.17, 15) is 4.79 Å². The van der Waals surface area contributed by atoms with Crippen molar-refractivity contribution in [2.24, 2.45) is 5.92 Å². The van der Waals surface area contributed by atoms with Gasteiger partial charge in [0.05, 0.1) is 26.9 Å². The lowest BCUT2D eigenvalue weighted by molar-refractivity contribution is -0.134. The number of hydrogen-bond donors (Lipinski definition) is 0. The molecule has 28 heavy (non-hydrogen) atoms. The SMILES string of the molecule is COc1ccc(N2CCN(C(=O)CN3CCC(C4OCCO4)CC3)CC2)cc1. The molecule has 3 heterocycles. The van der Waals surface area contributed by atoms with Gasteiger partial charge in [0.15, 0.2) is 6.29 Å². The second-order valence-corrected chi connectivity index (χ2v) is 7.79. The zero-order valence-electron chi connectivity index (χ0n) is 16.7. The van der Waals surface area contributed by atoms with Crippen LogP contribution < -0.4 is 9.64 Å². The molecule has 3 fully saturated rings. The molecular formula is C21H31N3O4. The molecule has 1 amide bonds. The fraction of sp³-hybridized carbons (Fsp3) is 0.667. The van der Waals surface area contributed by atoms with Crippen LogP contribution in [-0.2, 0) is 14.3 Å². The van der Waals surface area contributed by atoms with E-state index in [0.717, 1.165) is 57.9 Å². The summed E-state index contributed by atoms with van der Waals surface area (Å²) in [6, 6.07) is 8.13. The first-order valence-corrected chi connectivity index (χ1v) is 10.4. The van der Waals surface area contributed by atoms with Crippen LogP contribution >= 0.6 is 0 Å². The summed E-state index contributed by atoms with van der Waals surface area (Å²) in [5.41, 5.74) is 1.19. The molecule has 0 spiro atoms. The van der Waals surface area contributed by atoms with Crippen molar-refractivity contribution in [1.82, 2.24) is 9.80 Å². The Bertz CT molecular complexity index is 632. The topological polar surface area (TPSA) is 54.5 Å². The first-order valence-electron chi connectivity index (χ1n) is 10.4. The van der Waals surface area contributed by atoms with Gasteiger partial charge in [-0.05, 0) is 50.2 Å². The smallest absolute Gasteiger partial charge is 0.236 e. The van der Waals surface area contributed by atoms with Crippen LogP contribution in [0, 0.1) is 5.92 Å². The molecule has 1 aromatic carbocycles. The molecule has 0 atom stereocenters. The number of carbonyl (C=O) groups excluding carboxylic acids is 1. The second kappa shape index (κ2) is 9.11. The molecule has 7 heteroatoms. The zero-order valence-corrected chi connectivity index (χ0v) is 16.7. The number of benzene rings is 1. The molecule has 0 N–H and O–H groups in total. The van der Waals surface area contributed by atoms with Crippen LogP contribution in [0.1, 0.15) is 12.8 Å². The number of ether oxygens (including phenoxy) is 3. The molecule has 3 saturated heterocycles. The van der Waals surface area contributed by atoms with E-state index in [1.165, 1.54) is 5.69 Å². The molecule has 1 aromatic rings. The van der Waals surface area contributed by atoms with E-state index in [2.05, 4.69) is 21.9 Å². The summed E-state index contributed by atoms with van der Waals surface area (Å²) in [7, 11) is 1.68. The molecule has 0 saturated carbocycles. The molecule has 0 unspecified atom stereocenters. The molecule has 0 bridgehead atoms. The van der Waals surface area contributed by atoms with Gasteiger partial charge in [0, 0.05) is 37.8 Å². The van der Waals surface area contributed by atoms with Crippen molar-refractivity contribution >= 4 is 11.6 Å². The third-order valence-corrected chi connectivity index (χ3v) is 6.09. The number of rotatable bonds is 5. The minimum Gasteiger partial charge on any atom is -0.497 e. The quantitative estimate of drug-likeness (QED) is 0.759.